The third-order valence-corrected chi connectivity index (χ3v) is 2.78. The summed E-state index contributed by atoms with van der Waals surface area (Å²) in [6, 6.07) is 1.14. The Kier molecular flexibility index (Phi) is 4.63. The third kappa shape index (κ3) is 2.89. The highest BCUT2D eigenvalue weighted by atomic mass is 32.1. The highest BCUT2D eigenvalue weighted by Gasteiger charge is 2.22. The Morgan fingerprint density at radius 2 is 2.31 bits per heavy atom. The predicted octanol–water partition coefficient (Wildman–Crippen LogP) is 1.81. The van der Waals surface area contributed by atoms with Gasteiger partial charge in [0.1, 0.15) is 12.4 Å². The van der Waals surface area contributed by atoms with Crippen molar-refractivity contribution < 1.29 is 23.0 Å². The van der Waals surface area contributed by atoms with Gasteiger partial charge < -0.3 is 15.2 Å². The molecule has 1 aromatic rings. The van der Waals surface area contributed by atoms with Gasteiger partial charge in [-0.2, -0.15) is 0 Å². The van der Waals surface area contributed by atoms with Crippen LogP contribution in [0.25, 0.3) is 0 Å². The molecule has 0 aromatic carbocycles. The molecule has 16 heavy (non-hydrogen) atoms. The summed E-state index contributed by atoms with van der Waals surface area (Å²) in [5.74, 6) is -0.596. The number of ether oxygens (including phenoxy) is 2. The van der Waals surface area contributed by atoms with Gasteiger partial charge in [-0.3, -0.25) is 0 Å². The minimum atomic E-state index is -2.64. The van der Waals surface area contributed by atoms with E-state index in [4.69, 9.17) is 10.5 Å². The molecule has 0 bridgehead atoms. The summed E-state index contributed by atoms with van der Waals surface area (Å²) >= 11 is 0.660. The first-order valence-corrected chi connectivity index (χ1v) is 5.24. The SMILES string of the molecule is COC(=O)c1sc(C(F)F)cc1OCCN. The second kappa shape index (κ2) is 5.76. The lowest BCUT2D eigenvalue weighted by Crippen LogP contribution is -2.11. The van der Waals surface area contributed by atoms with Crippen molar-refractivity contribution >= 4 is 17.3 Å². The van der Waals surface area contributed by atoms with Gasteiger partial charge >= 0.3 is 5.97 Å². The number of carbonyl (C=O) groups excluding carboxylic acids is 1. The summed E-state index contributed by atoms with van der Waals surface area (Å²) in [5, 5.41) is 0. The van der Waals surface area contributed by atoms with E-state index in [2.05, 4.69) is 4.74 Å². The average Bonchev–Trinajstić information content (AvgIpc) is 2.69. The molecular formula is C9H11F2NO3S. The Morgan fingerprint density at radius 3 is 2.81 bits per heavy atom. The highest BCUT2D eigenvalue weighted by molar-refractivity contribution is 7.14. The van der Waals surface area contributed by atoms with Crippen molar-refractivity contribution in [1.82, 2.24) is 0 Å². The average molecular weight is 251 g/mol. The van der Waals surface area contributed by atoms with Gasteiger partial charge in [0.2, 0.25) is 0 Å². The molecule has 0 unspecified atom stereocenters. The molecule has 1 aromatic heterocycles. The smallest absolute Gasteiger partial charge is 0.351 e. The molecule has 0 amide bonds. The fourth-order valence-electron chi connectivity index (χ4n) is 1.01. The summed E-state index contributed by atoms with van der Waals surface area (Å²) in [6.07, 6.45) is -2.64. The molecule has 0 fully saturated rings. The molecule has 2 N–H and O–H groups in total. The van der Waals surface area contributed by atoms with Crippen LogP contribution in [0.5, 0.6) is 5.75 Å². The van der Waals surface area contributed by atoms with Gasteiger partial charge in [-0.05, 0) is 0 Å². The van der Waals surface area contributed by atoms with Crippen molar-refractivity contribution in [2.45, 2.75) is 6.43 Å². The van der Waals surface area contributed by atoms with Crippen LogP contribution in [0.4, 0.5) is 8.78 Å². The Morgan fingerprint density at radius 1 is 1.62 bits per heavy atom. The summed E-state index contributed by atoms with van der Waals surface area (Å²) in [4.78, 5) is 11.1. The van der Waals surface area contributed by atoms with Crippen LogP contribution in [0.2, 0.25) is 0 Å². The molecule has 0 saturated carbocycles. The van der Waals surface area contributed by atoms with Gasteiger partial charge in [-0.1, -0.05) is 0 Å². The van der Waals surface area contributed by atoms with Crippen molar-refractivity contribution in [2.24, 2.45) is 5.73 Å². The van der Waals surface area contributed by atoms with Gasteiger partial charge in [0.05, 0.1) is 12.0 Å². The lowest BCUT2D eigenvalue weighted by atomic mass is 10.4. The van der Waals surface area contributed by atoms with E-state index in [0.717, 1.165) is 6.07 Å². The number of hydrogen-bond acceptors (Lipinski definition) is 5. The number of halogens is 2. The molecule has 1 heterocycles. The molecule has 0 aliphatic rings. The van der Waals surface area contributed by atoms with Gasteiger partial charge in [0.25, 0.3) is 6.43 Å². The van der Waals surface area contributed by atoms with E-state index in [1.807, 2.05) is 0 Å². The molecule has 0 spiro atoms. The molecule has 0 aliphatic carbocycles. The van der Waals surface area contributed by atoms with Gasteiger partial charge in [0.15, 0.2) is 4.88 Å². The van der Waals surface area contributed by atoms with E-state index in [1.165, 1.54) is 7.11 Å². The number of nitrogens with two attached hydrogens (primary N) is 1. The summed E-state index contributed by atoms with van der Waals surface area (Å²) in [7, 11) is 1.18. The van der Waals surface area contributed by atoms with Gasteiger partial charge in [-0.15, -0.1) is 11.3 Å². The maximum atomic E-state index is 12.4. The molecular weight excluding hydrogens is 240 g/mol. The molecule has 1 rings (SSSR count). The van der Waals surface area contributed by atoms with E-state index in [0.29, 0.717) is 11.3 Å². The van der Waals surface area contributed by atoms with Gasteiger partial charge in [0, 0.05) is 12.6 Å². The lowest BCUT2D eigenvalue weighted by Gasteiger charge is -2.03. The molecule has 0 saturated heterocycles. The second-order valence-electron chi connectivity index (χ2n) is 2.77. The molecule has 90 valence electrons. The lowest BCUT2D eigenvalue weighted by molar-refractivity contribution is 0.0602. The van der Waals surface area contributed by atoms with Crippen LogP contribution in [0, 0.1) is 0 Å². The summed E-state index contributed by atoms with van der Waals surface area (Å²) in [6.45, 7) is 0.393. The van der Waals surface area contributed by atoms with E-state index in [1.54, 1.807) is 0 Å². The topological polar surface area (TPSA) is 61.5 Å². The first-order chi connectivity index (χ1) is 7.60. The zero-order valence-electron chi connectivity index (χ0n) is 8.54. The second-order valence-corrected chi connectivity index (χ2v) is 3.86. The van der Waals surface area contributed by atoms with Crippen molar-refractivity contribution in [1.29, 1.82) is 0 Å². The fraction of sp³-hybridized carbons (Fsp3) is 0.444. The zero-order valence-corrected chi connectivity index (χ0v) is 9.35. The van der Waals surface area contributed by atoms with E-state index < -0.39 is 12.4 Å². The minimum absolute atomic E-state index is 0.0336. The number of alkyl halides is 2. The fourth-order valence-corrected chi connectivity index (χ4v) is 1.89. The Hall–Kier alpha value is -1.21. The van der Waals surface area contributed by atoms with Crippen LogP contribution in [0.1, 0.15) is 21.0 Å². The predicted molar refractivity (Wildman–Crippen MR) is 55.2 cm³/mol. The molecule has 0 aliphatic heterocycles. The van der Waals surface area contributed by atoms with Crippen LogP contribution in [-0.2, 0) is 4.74 Å². The number of carbonyl (C=O) groups is 1. The van der Waals surface area contributed by atoms with Crippen molar-refractivity contribution in [3.8, 4) is 5.75 Å². The maximum Gasteiger partial charge on any atom is 0.351 e. The van der Waals surface area contributed by atoms with Crippen LogP contribution in [-0.4, -0.2) is 26.2 Å². The first kappa shape index (κ1) is 12.9. The highest BCUT2D eigenvalue weighted by Crippen LogP contribution is 2.35. The van der Waals surface area contributed by atoms with Crippen LogP contribution in [0.15, 0.2) is 6.07 Å². The standard InChI is InChI=1S/C9H11F2NO3S/c1-14-9(13)7-5(15-3-2-12)4-6(16-7)8(10)11/h4,8H,2-3,12H2,1H3. The quantitative estimate of drug-likeness (QED) is 0.811. The van der Waals surface area contributed by atoms with E-state index >= 15 is 0 Å². The number of methoxy groups -OCH3 is 1. The van der Waals surface area contributed by atoms with Crippen LogP contribution < -0.4 is 10.5 Å². The van der Waals surface area contributed by atoms with Crippen molar-refractivity contribution in [3.05, 3.63) is 15.8 Å². The zero-order chi connectivity index (χ0) is 12.1. The summed E-state index contributed by atoms with van der Waals surface area (Å²) in [5.41, 5.74) is 5.22. The van der Waals surface area contributed by atoms with Crippen LogP contribution in [0.3, 0.4) is 0 Å². The Bertz CT molecular complexity index is 368. The number of esters is 1. The largest absolute Gasteiger partial charge is 0.490 e. The molecule has 0 atom stereocenters. The molecule has 0 radical (unpaired) electrons. The number of thiophene rings is 1. The third-order valence-electron chi connectivity index (χ3n) is 1.68. The number of rotatable bonds is 5. The van der Waals surface area contributed by atoms with E-state index in [9.17, 15) is 13.6 Å². The Labute approximate surface area is 95.0 Å². The minimum Gasteiger partial charge on any atom is -0.490 e. The molecule has 7 heteroatoms. The van der Waals surface area contributed by atoms with Crippen LogP contribution >= 0.6 is 11.3 Å². The first-order valence-electron chi connectivity index (χ1n) is 4.43. The summed E-state index contributed by atoms with van der Waals surface area (Å²) < 4.78 is 34.4. The van der Waals surface area contributed by atoms with Crippen molar-refractivity contribution in [3.63, 3.8) is 0 Å². The Balaban J connectivity index is 2.97. The van der Waals surface area contributed by atoms with Crippen molar-refractivity contribution in [2.75, 3.05) is 20.3 Å². The normalized spacial score (nSPS) is 10.6. The maximum absolute atomic E-state index is 12.4. The molecule has 4 nitrogen and oxygen atoms in total. The monoisotopic (exact) mass is 251 g/mol. The van der Waals surface area contributed by atoms with E-state index in [-0.39, 0.29) is 28.7 Å². The number of hydrogen-bond donors (Lipinski definition) is 1. The van der Waals surface area contributed by atoms with Gasteiger partial charge in [-0.25, -0.2) is 13.6 Å².